The van der Waals surface area contributed by atoms with Gasteiger partial charge in [-0.3, -0.25) is 0 Å². The molecule has 0 saturated heterocycles. The fourth-order valence-electron chi connectivity index (χ4n) is 6.39. The molecular weight excluding hydrogens is 400 g/mol. The van der Waals surface area contributed by atoms with Crippen LogP contribution in [0.4, 0.5) is 0 Å². The van der Waals surface area contributed by atoms with E-state index in [1.807, 2.05) is 0 Å². The highest BCUT2D eigenvalue weighted by Gasteiger charge is 2.50. The summed E-state index contributed by atoms with van der Waals surface area (Å²) >= 11 is 0. The van der Waals surface area contributed by atoms with Gasteiger partial charge in [0.15, 0.2) is 0 Å². The fourth-order valence-corrected chi connectivity index (χ4v) is 6.39. The molecule has 4 heteroatoms. The number of aliphatic hydroxyl groups is 3. The van der Waals surface area contributed by atoms with Crippen LogP contribution in [-0.2, 0) is 4.74 Å². The molecule has 0 aromatic rings. The lowest BCUT2D eigenvalue weighted by Gasteiger charge is -2.44. The van der Waals surface area contributed by atoms with Crippen LogP contribution in [0.25, 0.3) is 0 Å². The van der Waals surface area contributed by atoms with Crippen molar-refractivity contribution in [1.29, 1.82) is 0 Å². The lowest BCUT2D eigenvalue weighted by molar-refractivity contribution is -0.0125. The summed E-state index contributed by atoms with van der Waals surface area (Å²) in [6, 6.07) is 0. The number of allylic oxidation sites excluding steroid dienone is 4. The summed E-state index contributed by atoms with van der Waals surface area (Å²) in [6.45, 7) is 13.3. The van der Waals surface area contributed by atoms with Crippen LogP contribution in [0.2, 0.25) is 0 Å². The number of hydrogen-bond donors (Lipinski definition) is 3. The molecular formula is C28H44O4. The predicted molar refractivity (Wildman–Crippen MR) is 130 cm³/mol. The molecule has 3 saturated carbocycles. The van der Waals surface area contributed by atoms with Crippen molar-refractivity contribution in [3.63, 3.8) is 0 Å². The third-order valence-corrected chi connectivity index (χ3v) is 8.05. The number of fused-ring (bicyclic) bond motifs is 1. The number of aliphatic hydroxyl groups excluding tert-OH is 2. The van der Waals surface area contributed by atoms with Crippen LogP contribution < -0.4 is 0 Å². The predicted octanol–water partition coefficient (Wildman–Crippen LogP) is 5.11. The summed E-state index contributed by atoms with van der Waals surface area (Å²) in [6.07, 6.45) is 14.8. The van der Waals surface area contributed by atoms with Crippen molar-refractivity contribution >= 4 is 0 Å². The minimum atomic E-state index is -0.786. The monoisotopic (exact) mass is 444 g/mol. The molecule has 0 aliphatic heterocycles. The molecule has 0 aromatic carbocycles. The summed E-state index contributed by atoms with van der Waals surface area (Å²) < 4.78 is 5.58. The second-order valence-corrected chi connectivity index (χ2v) is 11.3. The van der Waals surface area contributed by atoms with Gasteiger partial charge >= 0.3 is 0 Å². The summed E-state index contributed by atoms with van der Waals surface area (Å²) in [5, 5.41) is 29.9. The van der Waals surface area contributed by atoms with Crippen molar-refractivity contribution in [3.8, 4) is 0 Å². The van der Waals surface area contributed by atoms with Crippen LogP contribution in [0.5, 0.6) is 0 Å². The van der Waals surface area contributed by atoms with E-state index in [9.17, 15) is 15.3 Å². The van der Waals surface area contributed by atoms with Gasteiger partial charge in [-0.25, -0.2) is 0 Å². The third kappa shape index (κ3) is 6.02. The lowest BCUT2D eigenvalue weighted by atomic mass is 9.61. The minimum absolute atomic E-state index is 0.308. The summed E-state index contributed by atoms with van der Waals surface area (Å²) in [7, 11) is 0. The van der Waals surface area contributed by atoms with Crippen molar-refractivity contribution < 1.29 is 20.1 Å². The largest absolute Gasteiger partial charge is 0.393 e. The smallest absolute Gasteiger partial charge is 0.0824 e. The van der Waals surface area contributed by atoms with Crippen LogP contribution in [0, 0.1) is 23.2 Å². The highest BCUT2D eigenvalue weighted by atomic mass is 16.5. The highest BCUT2D eigenvalue weighted by Crippen LogP contribution is 2.59. The quantitative estimate of drug-likeness (QED) is 0.377. The maximum atomic E-state index is 10.1. The van der Waals surface area contributed by atoms with Crippen molar-refractivity contribution in [1.82, 2.24) is 0 Å². The molecule has 0 radical (unpaired) electrons. The van der Waals surface area contributed by atoms with E-state index < -0.39 is 17.8 Å². The van der Waals surface area contributed by atoms with E-state index in [4.69, 9.17) is 4.74 Å². The molecule has 32 heavy (non-hydrogen) atoms. The first-order valence-corrected chi connectivity index (χ1v) is 12.4. The van der Waals surface area contributed by atoms with E-state index in [-0.39, 0.29) is 0 Å². The van der Waals surface area contributed by atoms with Gasteiger partial charge in [0.2, 0.25) is 0 Å². The molecule has 180 valence electrons. The minimum Gasteiger partial charge on any atom is -0.393 e. The average Bonchev–Trinajstić information content (AvgIpc) is 3.06. The standard InChI is InChI=1S/C28H44O4/c1-19(8-7-15-32-18-27(3,4)31)24-12-13-25-21(9-6-14-28(24,25)5)10-11-22-16-23(29)17-26(30)20(22)2/h7-8,10-11,19,23-26,29-31H,2,6,9,12-18H2,1,3-5H3/b8-7+,21-10+,22-11-/t19-,23-,24-,25+,26+,28-/m1/s1. The number of rotatable bonds is 7. The molecule has 0 bridgehead atoms. The first kappa shape index (κ1) is 25.4. The Morgan fingerprint density at radius 3 is 2.72 bits per heavy atom. The molecule has 3 aliphatic rings. The molecule has 3 aliphatic carbocycles. The number of hydrogen-bond acceptors (Lipinski definition) is 4. The Kier molecular flexibility index (Phi) is 8.25. The molecule has 0 heterocycles. The molecule has 3 N–H and O–H groups in total. The summed E-state index contributed by atoms with van der Waals surface area (Å²) in [4.78, 5) is 0. The maximum absolute atomic E-state index is 10.1. The SMILES string of the molecule is C=C1/C(=C\C=C2/CCC[C@]3(C)[C@@H]([C@H](C)/C=C/COCC(C)(C)O)CC[C@@H]23)C[C@@H](O)C[C@@H]1O. The van der Waals surface area contributed by atoms with E-state index in [1.165, 1.54) is 31.3 Å². The zero-order valence-corrected chi connectivity index (χ0v) is 20.5. The molecule has 6 atom stereocenters. The zero-order valence-electron chi connectivity index (χ0n) is 20.5. The van der Waals surface area contributed by atoms with Gasteiger partial charge in [-0.05, 0) is 86.7 Å². The van der Waals surface area contributed by atoms with E-state index in [1.54, 1.807) is 13.8 Å². The van der Waals surface area contributed by atoms with Crippen molar-refractivity contribution in [2.24, 2.45) is 23.2 Å². The van der Waals surface area contributed by atoms with E-state index >= 15 is 0 Å². The van der Waals surface area contributed by atoms with Gasteiger partial charge in [0, 0.05) is 6.42 Å². The molecule has 0 aromatic heterocycles. The van der Waals surface area contributed by atoms with Crippen molar-refractivity contribution in [2.45, 2.75) is 90.4 Å². The van der Waals surface area contributed by atoms with Gasteiger partial charge in [0.05, 0.1) is 31.0 Å². The summed E-state index contributed by atoms with van der Waals surface area (Å²) in [5.74, 6) is 1.76. The average molecular weight is 445 g/mol. The van der Waals surface area contributed by atoms with E-state index in [0.717, 1.165) is 17.6 Å². The van der Waals surface area contributed by atoms with Gasteiger partial charge in [0.1, 0.15) is 0 Å². The molecule has 0 amide bonds. The molecule has 3 rings (SSSR count). The fraction of sp³-hybridized carbons (Fsp3) is 0.714. The van der Waals surface area contributed by atoms with Crippen LogP contribution in [0.3, 0.4) is 0 Å². The zero-order chi connectivity index (χ0) is 23.5. The van der Waals surface area contributed by atoms with Crippen LogP contribution in [0.1, 0.15) is 72.6 Å². The topological polar surface area (TPSA) is 69.9 Å². The van der Waals surface area contributed by atoms with Crippen LogP contribution in [0.15, 0.2) is 47.6 Å². The Hall–Kier alpha value is -1.20. The normalized spacial score (nSPS) is 37.4. The van der Waals surface area contributed by atoms with E-state index in [0.29, 0.717) is 49.2 Å². The highest BCUT2D eigenvalue weighted by molar-refractivity contribution is 5.38. The molecule has 0 spiro atoms. The first-order chi connectivity index (χ1) is 15.0. The van der Waals surface area contributed by atoms with Crippen molar-refractivity contribution in [3.05, 3.63) is 47.6 Å². The molecule has 4 nitrogen and oxygen atoms in total. The second kappa shape index (κ2) is 10.4. The second-order valence-electron chi connectivity index (χ2n) is 11.3. The Bertz CT molecular complexity index is 756. The number of ether oxygens (including phenoxy) is 1. The summed E-state index contributed by atoms with van der Waals surface area (Å²) in [5.41, 5.74) is 2.81. The Morgan fingerprint density at radius 2 is 2.00 bits per heavy atom. The third-order valence-electron chi connectivity index (χ3n) is 8.05. The van der Waals surface area contributed by atoms with Gasteiger partial charge in [0.25, 0.3) is 0 Å². The first-order valence-electron chi connectivity index (χ1n) is 12.4. The van der Waals surface area contributed by atoms with Gasteiger partial charge in [-0.1, -0.05) is 50.3 Å². The Labute approximate surface area is 194 Å². The Balaban J connectivity index is 1.66. The van der Waals surface area contributed by atoms with Gasteiger partial charge < -0.3 is 20.1 Å². The van der Waals surface area contributed by atoms with Gasteiger partial charge in [-0.15, -0.1) is 0 Å². The van der Waals surface area contributed by atoms with Crippen LogP contribution in [-0.4, -0.2) is 46.3 Å². The van der Waals surface area contributed by atoms with Crippen LogP contribution >= 0.6 is 0 Å². The lowest BCUT2D eigenvalue weighted by Crippen LogP contribution is -2.35. The Morgan fingerprint density at radius 1 is 1.25 bits per heavy atom. The van der Waals surface area contributed by atoms with E-state index in [2.05, 4.69) is 44.7 Å². The molecule has 3 fully saturated rings. The van der Waals surface area contributed by atoms with Gasteiger partial charge in [-0.2, -0.15) is 0 Å². The molecule has 0 unspecified atom stereocenters. The van der Waals surface area contributed by atoms with Crippen molar-refractivity contribution in [2.75, 3.05) is 13.2 Å². The maximum Gasteiger partial charge on any atom is 0.0824 e.